The Morgan fingerprint density at radius 3 is 1.45 bits per heavy atom. The van der Waals surface area contributed by atoms with Crippen LogP contribution in [0.2, 0.25) is 0 Å². The number of amides is 3. The van der Waals surface area contributed by atoms with Crippen molar-refractivity contribution in [1.29, 1.82) is 0 Å². The van der Waals surface area contributed by atoms with Gasteiger partial charge in [-0.05, 0) is 185 Å². The fourth-order valence-corrected chi connectivity index (χ4v) is 16.9. The van der Waals surface area contributed by atoms with E-state index in [-0.39, 0.29) is 48.0 Å². The maximum Gasteiger partial charge on any atom is 0.257 e. The number of rotatable bonds is 12. The van der Waals surface area contributed by atoms with Gasteiger partial charge in [-0.2, -0.15) is 20.4 Å². The first-order valence-corrected chi connectivity index (χ1v) is 38.1. The van der Waals surface area contributed by atoms with Crippen LogP contribution in [0.3, 0.4) is 0 Å². The molecule has 0 radical (unpaired) electrons. The lowest BCUT2D eigenvalue weighted by Gasteiger charge is -2.35. The Labute approximate surface area is 598 Å². The Morgan fingerprint density at radius 2 is 0.980 bits per heavy atom. The molecule has 7 aliphatic heterocycles. The summed E-state index contributed by atoms with van der Waals surface area (Å²) in [7, 11) is 0. The molecule has 9 aromatic rings. The monoisotopic (exact) mass is 1380 g/mol. The van der Waals surface area contributed by atoms with Gasteiger partial charge in [0.2, 0.25) is 0 Å². The summed E-state index contributed by atoms with van der Waals surface area (Å²) in [5.74, 6) is 6.25. The number of hydrogen-bond acceptors (Lipinski definition) is 16. The molecule has 7 fully saturated rings. The number of anilines is 3. The quantitative estimate of drug-likeness (QED) is 0.120. The largest absolute Gasteiger partial charge is 0.493 e. The first-order valence-electron chi connectivity index (χ1n) is 38.1. The number of benzene rings is 2. The average molecular weight is 1380 g/mol. The smallest absolute Gasteiger partial charge is 0.257 e. The summed E-state index contributed by atoms with van der Waals surface area (Å²) in [6, 6.07) is 20.2. The summed E-state index contributed by atoms with van der Waals surface area (Å²) in [5.41, 5.74) is 18.0. The molecule has 7 aromatic heterocycles. The summed E-state index contributed by atoms with van der Waals surface area (Å²) >= 11 is 0. The number of carbonyl (C=O) groups is 3. The van der Waals surface area contributed by atoms with Crippen molar-refractivity contribution in [2.75, 3.05) is 80.2 Å². The van der Waals surface area contributed by atoms with E-state index in [0.717, 1.165) is 235 Å². The molecule has 3 amide bonds. The van der Waals surface area contributed by atoms with Crippen molar-refractivity contribution >= 4 is 52.1 Å². The molecule has 6 atom stereocenters. The summed E-state index contributed by atoms with van der Waals surface area (Å²) in [5, 5.41) is 19.2. The Hall–Kier alpha value is -9.12. The van der Waals surface area contributed by atoms with Gasteiger partial charge in [-0.25, -0.2) is 28.5 Å². The molecule has 2 aromatic carbocycles. The molecule has 0 unspecified atom stereocenters. The van der Waals surface area contributed by atoms with Gasteiger partial charge >= 0.3 is 0 Å². The second-order valence-electron chi connectivity index (χ2n) is 30.7. The van der Waals surface area contributed by atoms with Gasteiger partial charge in [-0.3, -0.25) is 19.1 Å². The third kappa shape index (κ3) is 14.5. The second-order valence-corrected chi connectivity index (χ2v) is 30.7. The normalized spacial score (nSPS) is 22.5. The topological polar surface area (TPSA) is 224 Å². The summed E-state index contributed by atoms with van der Waals surface area (Å²) < 4.78 is 19.3. The second kappa shape index (κ2) is 29.7. The Balaban J connectivity index is 0.000000124. The van der Waals surface area contributed by atoms with Crippen molar-refractivity contribution in [3.05, 3.63) is 148 Å². The molecule has 0 bridgehead atoms. The highest BCUT2D eigenvalue weighted by molar-refractivity contribution is 5.96. The molecule has 538 valence electrons. The number of nitrogens with two attached hydrogens (primary N) is 1. The highest BCUT2D eigenvalue weighted by atomic mass is 16.5. The number of aryl methyl sites for hydroxylation is 4. The number of aromatic nitrogens is 11. The van der Waals surface area contributed by atoms with E-state index < -0.39 is 0 Å². The third-order valence-electron chi connectivity index (χ3n) is 22.3. The zero-order valence-corrected chi connectivity index (χ0v) is 60.8. The van der Waals surface area contributed by atoms with Crippen LogP contribution in [0.15, 0.2) is 91.6 Å². The van der Waals surface area contributed by atoms with Crippen LogP contribution >= 0.6 is 0 Å². The van der Waals surface area contributed by atoms with Crippen molar-refractivity contribution in [1.82, 2.24) is 68.3 Å². The van der Waals surface area contributed by atoms with Crippen LogP contribution < -0.4 is 29.9 Å². The zero-order valence-electron chi connectivity index (χ0n) is 60.8. The van der Waals surface area contributed by atoms with Crippen molar-refractivity contribution in [2.45, 2.75) is 200 Å². The first kappa shape index (κ1) is 68.6. The molecule has 23 nitrogen and oxygen atoms in total. The van der Waals surface area contributed by atoms with Gasteiger partial charge in [0.25, 0.3) is 17.7 Å². The molecular weight excluding hydrogens is 1280 g/mol. The number of likely N-dealkylation sites (tertiary alicyclic amines) is 3. The lowest BCUT2D eigenvalue weighted by Crippen LogP contribution is -2.38. The SMILES string of the molecule is Cc1cn2nc([C@@H]3CCCCN3C(=O)c3ccc4c(c3)OCCC4)cc2nc1N1CC[C@H](N)C1.Cc1cn2nc([C@@H]3CCCCN3C(=O)c3cccc(OC(C)C)c3)cc2nc1N1CC[C@H](C)C1.Cc1cn2nc([C@@H]3CCCCN3C(=O)c3cnn(C4CCCC4)c3)cc2nc1N1CC[C@H](C)C1. The maximum absolute atomic E-state index is 13.6. The molecule has 6 saturated heterocycles. The number of fused-ring (bicyclic) bond motifs is 4. The lowest BCUT2D eigenvalue weighted by atomic mass is 9.97. The molecule has 17 rings (SSSR count). The van der Waals surface area contributed by atoms with Gasteiger partial charge in [0.05, 0.1) is 65.7 Å². The van der Waals surface area contributed by atoms with Crippen LogP contribution in [0.1, 0.15) is 231 Å². The maximum atomic E-state index is 13.6. The van der Waals surface area contributed by atoms with E-state index in [9.17, 15) is 14.4 Å². The molecule has 1 aliphatic carbocycles. The van der Waals surface area contributed by atoms with Crippen LogP contribution in [-0.4, -0.2) is 164 Å². The fourth-order valence-electron chi connectivity index (χ4n) is 16.9. The molecule has 8 aliphatic rings. The van der Waals surface area contributed by atoms with Crippen LogP contribution in [-0.2, 0) is 6.42 Å². The van der Waals surface area contributed by atoms with E-state index in [0.29, 0.717) is 34.6 Å². The van der Waals surface area contributed by atoms with Crippen molar-refractivity contribution < 1.29 is 23.9 Å². The molecule has 1 saturated carbocycles. The average Bonchev–Trinajstić information content (AvgIpc) is 1.62. The number of nitrogens with zero attached hydrogens (tertiary/aromatic N) is 17. The minimum absolute atomic E-state index is 0.0201. The summed E-state index contributed by atoms with van der Waals surface area (Å²) in [6.07, 6.45) is 29.3. The van der Waals surface area contributed by atoms with Crippen LogP contribution in [0.5, 0.6) is 11.5 Å². The van der Waals surface area contributed by atoms with E-state index in [2.05, 4.69) is 78.9 Å². The zero-order chi connectivity index (χ0) is 70.3. The van der Waals surface area contributed by atoms with Crippen molar-refractivity contribution in [3.8, 4) is 11.5 Å². The minimum atomic E-state index is -0.0520. The Kier molecular flexibility index (Phi) is 20.0. The minimum Gasteiger partial charge on any atom is -0.493 e. The Morgan fingerprint density at radius 1 is 0.510 bits per heavy atom. The fraction of sp³-hybridized carbons (Fsp3) is 0.544. The van der Waals surface area contributed by atoms with E-state index >= 15 is 0 Å². The predicted octanol–water partition coefficient (Wildman–Crippen LogP) is 12.9. The van der Waals surface area contributed by atoms with Gasteiger partial charge in [0, 0.05) is 136 Å². The molecule has 0 spiro atoms. The molecule has 102 heavy (non-hydrogen) atoms. The van der Waals surface area contributed by atoms with E-state index in [4.69, 9.17) is 45.5 Å². The van der Waals surface area contributed by atoms with Gasteiger partial charge in [0.1, 0.15) is 29.0 Å². The number of piperidine rings is 3. The summed E-state index contributed by atoms with van der Waals surface area (Å²) in [6.45, 7) is 23.8. The standard InChI is InChI=1S/C27H35N5O2.C26H35N7O.C26H32N6O2/c1-18(2)34-22-9-7-8-21(14-22)27(33)31-12-6-5-10-24(31)23-15-25-28-26(20(4)17-32(25)29-23)30-13-11-19(3)16-30;1-18-10-12-30(15-18)25-19(2)16-33-24(28-25)13-22(29-33)23-9-5-6-11-31(23)26(34)20-14-27-32(17-20)21-7-3-4-8-21;1-17-15-32-24(28-25(17)30-11-9-20(27)16-30)14-21(29-32)22-6-2-3-10-31(22)26(33)19-8-7-18-5-4-12-34-23(18)13-19/h7-9,14-15,17-19,24H,5-6,10-13,16H2,1-4H3;13-14,16-18,21,23H,3-12,15H2,1-2H3;7-8,13-15,20,22H,2-6,9-12,16,27H2,1H3/t19-,24-;18-,23-;20-,22-/m000/s1. The van der Waals surface area contributed by atoms with E-state index in [1.165, 1.54) is 31.2 Å². The molecule has 2 N–H and O–H groups in total. The summed E-state index contributed by atoms with van der Waals surface area (Å²) in [4.78, 5) is 68.6. The number of carbonyl (C=O) groups excluding carboxylic acids is 3. The predicted molar refractivity (Wildman–Crippen MR) is 395 cm³/mol. The van der Waals surface area contributed by atoms with Gasteiger partial charge in [0.15, 0.2) is 16.9 Å². The highest BCUT2D eigenvalue weighted by Crippen LogP contribution is 2.39. The highest BCUT2D eigenvalue weighted by Gasteiger charge is 2.36. The molecule has 14 heterocycles. The van der Waals surface area contributed by atoms with Gasteiger partial charge in [-0.1, -0.05) is 38.8 Å². The van der Waals surface area contributed by atoms with Crippen LogP contribution in [0.4, 0.5) is 17.5 Å². The number of ether oxygens (including phenoxy) is 2. The van der Waals surface area contributed by atoms with Crippen LogP contribution in [0, 0.1) is 32.6 Å². The van der Waals surface area contributed by atoms with E-state index in [1.54, 1.807) is 6.20 Å². The van der Waals surface area contributed by atoms with Crippen molar-refractivity contribution in [3.63, 3.8) is 0 Å². The number of hydrogen-bond donors (Lipinski definition) is 1. The van der Waals surface area contributed by atoms with Crippen LogP contribution in [0.25, 0.3) is 16.9 Å². The molecule has 23 heteroatoms. The molecular formula is C79H102N18O5. The van der Waals surface area contributed by atoms with E-state index in [1.807, 2.05) is 108 Å². The van der Waals surface area contributed by atoms with Gasteiger partial charge in [-0.15, -0.1) is 0 Å². The third-order valence-corrected chi connectivity index (χ3v) is 22.3. The van der Waals surface area contributed by atoms with Gasteiger partial charge < -0.3 is 44.6 Å². The first-order chi connectivity index (χ1) is 49.5. The Bertz CT molecular complexity index is 4510. The lowest BCUT2D eigenvalue weighted by molar-refractivity contribution is 0.0598. The van der Waals surface area contributed by atoms with Crippen molar-refractivity contribution in [2.24, 2.45) is 17.6 Å².